The number of carbonyl (C=O) groups is 1. The van der Waals surface area contributed by atoms with Crippen LogP contribution in [0.15, 0.2) is 48.8 Å². The van der Waals surface area contributed by atoms with Crippen molar-refractivity contribution in [2.75, 3.05) is 5.32 Å². The largest absolute Gasteiger partial charge is 0.325 e. The van der Waals surface area contributed by atoms with Gasteiger partial charge in [0.25, 0.3) is 0 Å². The zero-order valence-electron chi connectivity index (χ0n) is 12.4. The lowest BCUT2D eigenvalue weighted by molar-refractivity contribution is -0.118. The molecular formula is C17H21N3O. The highest BCUT2D eigenvalue weighted by Gasteiger charge is 2.16. The van der Waals surface area contributed by atoms with Crippen LogP contribution in [0, 0.1) is 5.92 Å². The molecule has 0 saturated carbocycles. The van der Waals surface area contributed by atoms with Gasteiger partial charge in [0.15, 0.2) is 0 Å². The maximum absolute atomic E-state index is 11.9. The van der Waals surface area contributed by atoms with Gasteiger partial charge < -0.3 is 11.1 Å². The highest BCUT2D eigenvalue weighted by Crippen LogP contribution is 2.14. The van der Waals surface area contributed by atoms with Crippen LogP contribution in [0.5, 0.6) is 0 Å². The van der Waals surface area contributed by atoms with Gasteiger partial charge in [-0.3, -0.25) is 9.78 Å². The van der Waals surface area contributed by atoms with Gasteiger partial charge in [-0.1, -0.05) is 26.0 Å². The van der Waals surface area contributed by atoms with E-state index in [0.29, 0.717) is 0 Å². The number of pyridine rings is 1. The molecule has 4 nitrogen and oxygen atoms in total. The molecule has 4 heteroatoms. The van der Waals surface area contributed by atoms with Crippen molar-refractivity contribution in [3.63, 3.8) is 0 Å². The number of nitrogens with two attached hydrogens (primary N) is 1. The number of rotatable bonds is 5. The molecule has 0 fully saturated rings. The van der Waals surface area contributed by atoms with Crippen molar-refractivity contribution in [1.82, 2.24) is 4.98 Å². The summed E-state index contributed by atoms with van der Waals surface area (Å²) in [6.45, 7) is 3.87. The normalized spacial score (nSPS) is 12.2. The Morgan fingerprint density at radius 2 is 1.67 bits per heavy atom. The molecule has 0 saturated heterocycles. The molecule has 0 aliphatic carbocycles. The Balaban J connectivity index is 1.98. The third kappa shape index (κ3) is 4.39. The van der Waals surface area contributed by atoms with Gasteiger partial charge in [0.2, 0.25) is 5.91 Å². The van der Waals surface area contributed by atoms with E-state index in [1.807, 2.05) is 50.2 Å². The molecule has 0 spiro atoms. The Kier molecular flexibility index (Phi) is 5.06. The summed E-state index contributed by atoms with van der Waals surface area (Å²) in [6, 6.07) is 11.3. The molecule has 0 aliphatic rings. The van der Waals surface area contributed by atoms with Gasteiger partial charge >= 0.3 is 0 Å². The zero-order chi connectivity index (χ0) is 15.2. The summed E-state index contributed by atoms with van der Waals surface area (Å²) >= 11 is 0. The summed E-state index contributed by atoms with van der Waals surface area (Å²) in [5.74, 6) is -0.0251. The molecule has 1 amide bonds. The lowest BCUT2D eigenvalue weighted by Gasteiger charge is -2.15. The number of nitrogens with zero attached hydrogens (tertiary/aromatic N) is 1. The number of carbonyl (C=O) groups excluding carboxylic acids is 1. The Hall–Kier alpha value is -2.20. The smallest absolute Gasteiger partial charge is 0.241 e. The van der Waals surface area contributed by atoms with Gasteiger partial charge in [0.05, 0.1) is 6.04 Å². The maximum Gasteiger partial charge on any atom is 0.241 e. The highest BCUT2D eigenvalue weighted by molar-refractivity contribution is 5.94. The summed E-state index contributed by atoms with van der Waals surface area (Å²) < 4.78 is 0. The summed E-state index contributed by atoms with van der Waals surface area (Å²) in [5, 5.41) is 2.84. The van der Waals surface area contributed by atoms with Crippen molar-refractivity contribution in [1.29, 1.82) is 0 Å². The lowest BCUT2D eigenvalue weighted by atomic mass is 10.0. The monoisotopic (exact) mass is 283 g/mol. The van der Waals surface area contributed by atoms with Crippen LogP contribution < -0.4 is 11.1 Å². The summed E-state index contributed by atoms with van der Waals surface area (Å²) in [4.78, 5) is 15.9. The average molecular weight is 283 g/mol. The summed E-state index contributed by atoms with van der Waals surface area (Å²) in [7, 11) is 0. The van der Waals surface area contributed by atoms with E-state index in [2.05, 4.69) is 10.3 Å². The second-order valence-corrected chi connectivity index (χ2v) is 5.49. The number of aromatic nitrogens is 1. The van der Waals surface area contributed by atoms with Crippen molar-refractivity contribution >= 4 is 11.6 Å². The van der Waals surface area contributed by atoms with Gasteiger partial charge in [0.1, 0.15) is 0 Å². The fraction of sp³-hybridized carbons (Fsp3) is 0.294. The number of hydrogen-bond donors (Lipinski definition) is 2. The van der Waals surface area contributed by atoms with E-state index in [1.54, 1.807) is 12.4 Å². The minimum atomic E-state index is -0.485. The van der Waals surface area contributed by atoms with Crippen LogP contribution in [-0.4, -0.2) is 16.9 Å². The van der Waals surface area contributed by atoms with Gasteiger partial charge in [-0.2, -0.15) is 0 Å². The summed E-state index contributed by atoms with van der Waals surface area (Å²) in [6.07, 6.45) is 4.43. The molecular weight excluding hydrogens is 262 g/mol. The number of amides is 1. The van der Waals surface area contributed by atoms with Gasteiger partial charge in [-0.15, -0.1) is 0 Å². The Morgan fingerprint density at radius 3 is 2.24 bits per heavy atom. The van der Waals surface area contributed by atoms with Crippen LogP contribution in [0.25, 0.3) is 0 Å². The lowest BCUT2D eigenvalue weighted by Crippen LogP contribution is -2.39. The quantitative estimate of drug-likeness (QED) is 0.886. The second-order valence-electron chi connectivity index (χ2n) is 5.49. The maximum atomic E-state index is 11.9. The second kappa shape index (κ2) is 6.99. The predicted molar refractivity (Wildman–Crippen MR) is 84.9 cm³/mol. The number of hydrogen-bond acceptors (Lipinski definition) is 3. The number of benzene rings is 1. The van der Waals surface area contributed by atoms with Crippen molar-refractivity contribution in [3.8, 4) is 0 Å². The number of anilines is 1. The molecule has 0 radical (unpaired) electrons. The van der Waals surface area contributed by atoms with Crippen molar-refractivity contribution in [2.24, 2.45) is 11.7 Å². The van der Waals surface area contributed by atoms with E-state index < -0.39 is 6.04 Å². The fourth-order valence-electron chi connectivity index (χ4n) is 1.97. The highest BCUT2D eigenvalue weighted by atomic mass is 16.2. The standard InChI is InChI=1S/C17H21N3O/c1-12(2)16(18)17(21)20-15-5-3-13(4-6-15)11-14-7-9-19-10-8-14/h3-10,12,16H,11,18H2,1-2H3,(H,20,21)/t16-/m0/s1. The molecule has 21 heavy (non-hydrogen) atoms. The van der Waals surface area contributed by atoms with Crippen LogP contribution in [0.2, 0.25) is 0 Å². The molecule has 2 aromatic rings. The molecule has 0 unspecified atom stereocenters. The van der Waals surface area contributed by atoms with Crippen LogP contribution in [0.4, 0.5) is 5.69 Å². The van der Waals surface area contributed by atoms with E-state index in [-0.39, 0.29) is 11.8 Å². The molecule has 1 aromatic carbocycles. The van der Waals surface area contributed by atoms with Crippen LogP contribution in [0.3, 0.4) is 0 Å². The molecule has 1 aromatic heterocycles. The molecule has 2 rings (SSSR count). The van der Waals surface area contributed by atoms with Gasteiger partial charge in [-0.05, 0) is 47.7 Å². The SMILES string of the molecule is CC(C)[C@H](N)C(=O)Nc1ccc(Cc2ccncc2)cc1. The van der Waals surface area contributed by atoms with E-state index >= 15 is 0 Å². The molecule has 0 aliphatic heterocycles. The first kappa shape index (κ1) is 15.2. The van der Waals surface area contributed by atoms with Crippen LogP contribution >= 0.6 is 0 Å². The molecule has 1 heterocycles. The van der Waals surface area contributed by atoms with Crippen molar-refractivity contribution in [3.05, 3.63) is 59.9 Å². The van der Waals surface area contributed by atoms with E-state index in [1.165, 1.54) is 11.1 Å². The zero-order valence-corrected chi connectivity index (χ0v) is 12.4. The summed E-state index contributed by atoms with van der Waals surface area (Å²) in [5.41, 5.74) is 8.99. The molecule has 3 N–H and O–H groups in total. The van der Waals surface area contributed by atoms with E-state index in [4.69, 9.17) is 5.73 Å². The third-order valence-corrected chi connectivity index (χ3v) is 3.40. The first-order valence-electron chi connectivity index (χ1n) is 7.10. The fourth-order valence-corrected chi connectivity index (χ4v) is 1.97. The minimum Gasteiger partial charge on any atom is -0.325 e. The Morgan fingerprint density at radius 1 is 1.10 bits per heavy atom. The van der Waals surface area contributed by atoms with Gasteiger partial charge in [0, 0.05) is 18.1 Å². The third-order valence-electron chi connectivity index (χ3n) is 3.40. The number of nitrogens with one attached hydrogen (secondary N) is 1. The molecule has 110 valence electrons. The average Bonchev–Trinajstić information content (AvgIpc) is 2.49. The van der Waals surface area contributed by atoms with Crippen molar-refractivity contribution < 1.29 is 4.79 Å². The minimum absolute atomic E-state index is 0.121. The van der Waals surface area contributed by atoms with E-state index in [9.17, 15) is 4.79 Å². The first-order valence-corrected chi connectivity index (χ1v) is 7.10. The van der Waals surface area contributed by atoms with Gasteiger partial charge in [-0.25, -0.2) is 0 Å². The molecule has 0 bridgehead atoms. The predicted octanol–water partition coefficient (Wildman–Crippen LogP) is 2.59. The molecule has 1 atom stereocenters. The first-order chi connectivity index (χ1) is 10.1. The van der Waals surface area contributed by atoms with E-state index in [0.717, 1.165) is 12.1 Å². The van der Waals surface area contributed by atoms with Crippen LogP contribution in [0.1, 0.15) is 25.0 Å². The topological polar surface area (TPSA) is 68.0 Å². The van der Waals surface area contributed by atoms with Crippen LogP contribution in [-0.2, 0) is 11.2 Å². The van der Waals surface area contributed by atoms with Crippen molar-refractivity contribution in [2.45, 2.75) is 26.3 Å². The Labute approximate surface area is 125 Å². The Bertz CT molecular complexity index is 579.